The van der Waals surface area contributed by atoms with Crippen LogP contribution in [0.4, 0.5) is 11.4 Å². The average molecular weight is 507 g/mol. The first-order valence-electron chi connectivity index (χ1n) is 11.4. The molecule has 7 nitrogen and oxygen atoms in total. The van der Waals surface area contributed by atoms with E-state index in [-0.39, 0.29) is 17.5 Å². The van der Waals surface area contributed by atoms with E-state index >= 15 is 0 Å². The summed E-state index contributed by atoms with van der Waals surface area (Å²) < 4.78 is 35.0. The summed E-state index contributed by atoms with van der Waals surface area (Å²) in [6.45, 7) is 5.72. The molecule has 0 bridgehead atoms. The Morgan fingerprint density at radius 1 is 1.24 bits per heavy atom. The largest absolute Gasteiger partial charge is 0.491 e. The number of likely N-dealkylation sites (N-methyl/N-ethyl adjacent to an activating group) is 1. The van der Waals surface area contributed by atoms with Gasteiger partial charge >= 0.3 is 5.97 Å². The summed E-state index contributed by atoms with van der Waals surface area (Å²) in [4.78, 5) is 14.5. The number of carbonyl (C=O) groups is 1. The summed E-state index contributed by atoms with van der Waals surface area (Å²) in [6.07, 6.45) is 4.56. The lowest BCUT2D eigenvalue weighted by Crippen LogP contribution is -2.40. The van der Waals surface area contributed by atoms with Crippen molar-refractivity contribution in [3.63, 3.8) is 0 Å². The predicted molar refractivity (Wildman–Crippen MR) is 137 cm³/mol. The Morgan fingerprint density at radius 2 is 1.91 bits per heavy atom. The van der Waals surface area contributed by atoms with Gasteiger partial charge in [-0.25, -0.2) is 8.42 Å². The van der Waals surface area contributed by atoms with Gasteiger partial charge in [0.25, 0.3) is 0 Å². The molecule has 9 heteroatoms. The van der Waals surface area contributed by atoms with Crippen molar-refractivity contribution in [3.05, 3.63) is 42.5 Å². The van der Waals surface area contributed by atoms with Crippen LogP contribution in [0.25, 0.3) is 0 Å². The summed E-state index contributed by atoms with van der Waals surface area (Å²) in [7, 11) is -2.17. The molecule has 0 spiro atoms. The first-order valence-corrected chi connectivity index (χ1v) is 14.1. The van der Waals surface area contributed by atoms with Crippen molar-refractivity contribution in [2.24, 2.45) is 5.41 Å². The summed E-state index contributed by atoms with van der Waals surface area (Å²) in [5.74, 6) is -0.605. The molecule has 2 aromatic rings. The number of anilines is 2. The molecule has 0 fully saturated rings. The smallest absolute Gasteiger partial charge is 0.312 e. The van der Waals surface area contributed by atoms with Crippen molar-refractivity contribution in [2.45, 2.75) is 55.9 Å². The molecule has 1 N–H and O–H groups in total. The number of rotatable bonds is 9. The first-order chi connectivity index (χ1) is 16.0. The molecule has 0 saturated carbocycles. The predicted octanol–water partition coefficient (Wildman–Crippen LogP) is 5.23. The molecule has 2 aromatic carbocycles. The number of nitrogens with zero attached hydrogens (tertiary/aromatic N) is 2. The number of thioether (sulfide) groups is 1. The molecule has 0 aromatic heterocycles. The van der Waals surface area contributed by atoms with Gasteiger partial charge in [0.05, 0.1) is 16.0 Å². The third kappa shape index (κ3) is 5.37. The van der Waals surface area contributed by atoms with Crippen molar-refractivity contribution in [1.29, 1.82) is 0 Å². The van der Waals surface area contributed by atoms with Crippen molar-refractivity contribution in [2.75, 3.05) is 31.4 Å². The van der Waals surface area contributed by atoms with Gasteiger partial charge in [0.15, 0.2) is 0 Å². The highest BCUT2D eigenvalue weighted by atomic mass is 32.2. The van der Waals surface area contributed by atoms with Crippen LogP contribution in [0.2, 0.25) is 0 Å². The lowest BCUT2D eigenvalue weighted by Gasteiger charge is -2.29. The molecule has 0 radical (unpaired) electrons. The number of para-hydroxylation sites is 1. The topological polar surface area (TPSA) is 87.1 Å². The van der Waals surface area contributed by atoms with Crippen molar-refractivity contribution in [1.82, 2.24) is 4.31 Å². The number of fused-ring (bicyclic) bond motifs is 1. The van der Waals surface area contributed by atoms with Crippen LogP contribution in [-0.4, -0.2) is 56.3 Å². The standard InChI is InChI=1S/C25H34N2O5S2/c1-6-7-11-19-16-27(18-12-9-8-10-13-18)20-14-22(33-5)21(32-17-25(2,3)24(28)29)15-23(20)34(30,31)26(19)4/h8-10,12-15,19H,6-7,11,16-17H2,1-5H3,(H,28,29)/t19-/m1/s1. The Morgan fingerprint density at radius 3 is 2.50 bits per heavy atom. The summed E-state index contributed by atoms with van der Waals surface area (Å²) in [5.41, 5.74) is 0.411. The van der Waals surface area contributed by atoms with Gasteiger partial charge in [0, 0.05) is 31.4 Å². The fourth-order valence-electron chi connectivity index (χ4n) is 3.88. The fourth-order valence-corrected chi connectivity index (χ4v) is 5.99. The van der Waals surface area contributed by atoms with Gasteiger partial charge in [-0.05, 0) is 44.7 Å². The zero-order valence-electron chi connectivity index (χ0n) is 20.4. The van der Waals surface area contributed by atoms with Gasteiger partial charge in [-0.15, -0.1) is 11.8 Å². The SMILES string of the molecule is CCCC[C@@H]1CN(c2ccccc2)c2cc(SC)c(OCC(C)(C)C(=O)O)cc2S(=O)(=O)N1C. The molecule has 1 heterocycles. The monoisotopic (exact) mass is 506 g/mol. The molecular weight excluding hydrogens is 472 g/mol. The lowest BCUT2D eigenvalue weighted by molar-refractivity contribution is -0.148. The van der Waals surface area contributed by atoms with Crippen LogP contribution >= 0.6 is 11.8 Å². The molecule has 1 atom stereocenters. The second kappa shape index (κ2) is 10.6. The van der Waals surface area contributed by atoms with Crippen LogP contribution in [0.1, 0.15) is 40.0 Å². The second-order valence-electron chi connectivity index (χ2n) is 9.21. The number of carboxylic acids is 1. The number of ether oxygens (including phenoxy) is 1. The summed E-state index contributed by atoms with van der Waals surface area (Å²) >= 11 is 1.44. The van der Waals surface area contributed by atoms with E-state index in [1.807, 2.05) is 42.7 Å². The van der Waals surface area contributed by atoms with Gasteiger partial charge in [0.2, 0.25) is 10.0 Å². The second-order valence-corrected chi connectivity index (χ2v) is 12.0. The molecule has 0 aliphatic carbocycles. The molecule has 3 rings (SSSR count). The van der Waals surface area contributed by atoms with E-state index in [4.69, 9.17) is 4.74 Å². The zero-order chi connectivity index (χ0) is 25.1. The van der Waals surface area contributed by atoms with E-state index in [9.17, 15) is 18.3 Å². The summed E-state index contributed by atoms with van der Waals surface area (Å²) in [6, 6.07) is 13.0. The molecule has 0 amide bonds. The lowest BCUT2D eigenvalue weighted by atomic mass is 9.95. The normalized spacial score (nSPS) is 18.3. The van der Waals surface area contributed by atoms with Crippen molar-refractivity contribution in [3.8, 4) is 5.75 Å². The summed E-state index contributed by atoms with van der Waals surface area (Å²) in [5, 5.41) is 9.46. The van der Waals surface area contributed by atoms with E-state index in [1.165, 1.54) is 16.1 Å². The van der Waals surface area contributed by atoms with E-state index in [2.05, 4.69) is 11.8 Å². The van der Waals surface area contributed by atoms with Crippen LogP contribution in [0, 0.1) is 5.41 Å². The minimum atomic E-state index is -3.81. The minimum absolute atomic E-state index is 0.0773. The Labute approximate surface area is 207 Å². The number of unbranched alkanes of at least 4 members (excludes halogenated alkanes) is 1. The maximum atomic E-state index is 13.8. The van der Waals surface area contributed by atoms with Gasteiger partial charge < -0.3 is 14.7 Å². The average Bonchev–Trinajstić information content (AvgIpc) is 2.89. The quantitative estimate of drug-likeness (QED) is 0.466. The van der Waals surface area contributed by atoms with E-state index in [0.29, 0.717) is 18.0 Å². The number of hydrogen-bond donors (Lipinski definition) is 1. The van der Waals surface area contributed by atoms with Crippen LogP contribution < -0.4 is 9.64 Å². The number of benzene rings is 2. The van der Waals surface area contributed by atoms with Crippen molar-refractivity contribution < 1.29 is 23.1 Å². The molecular formula is C25H34N2O5S2. The van der Waals surface area contributed by atoms with Gasteiger partial charge in [0.1, 0.15) is 17.3 Å². The molecule has 1 aliphatic rings. The van der Waals surface area contributed by atoms with Gasteiger partial charge in [-0.1, -0.05) is 38.0 Å². The number of aliphatic carboxylic acids is 1. The van der Waals surface area contributed by atoms with Crippen molar-refractivity contribution >= 4 is 39.1 Å². The number of sulfonamides is 1. The highest BCUT2D eigenvalue weighted by molar-refractivity contribution is 7.98. The molecule has 0 saturated heterocycles. The Balaban J connectivity index is 2.17. The zero-order valence-corrected chi connectivity index (χ0v) is 22.1. The van der Waals surface area contributed by atoms with E-state index < -0.39 is 21.4 Å². The molecule has 186 valence electrons. The van der Waals surface area contributed by atoms with Crippen LogP contribution in [0.3, 0.4) is 0 Å². The third-order valence-electron chi connectivity index (χ3n) is 6.23. The fraction of sp³-hybridized carbons (Fsp3) is 0.480. The van der Waals surface area contributed by atoms with Gasteiger partial charge in [-0.2, -0.15) is 4.31 Å². The minimum Gasteiger partial charge on any atom is -0.491 e. The Kier molecular flexibility index (Phi) is 8.21. The van der Waals surface area contributed by atoms with E-state index in [1.54, 1.807) is 27.0 Å². The van der Waals surface area contributed by atoms with E-state index in [0.717, 1.165) is 29.8 Å². The highest BCUT2D eigenvalue weighted by Gasteiger charge is 2.38. The Hall–Kier alpha value is -2.23. The first kappa shape index (κ1) is 26.4. The third-order valence-corrected chi connectivity index (χ3v) is 8.92. The number of hydrogen-bond acceptors (Lipinski definition) is 6. The maximum Gasteiger partial charge on any atom is 0.312 e. The Bertz CT molecular complexity index is 1120. The molecule has 0 unspecified atom stereocenters. The van der Waals surface area contributed by atoms with Crippen LogP contribution in [-0.2, 0) is 14.8 Å². The molecule has 34 heavy (non-hydrogen) atoms. The highest BCUT2D eigenvalue weighted by Crippen LogP contribution is 2.43. The van der Waals surface area contributed by atoms with Crippen LogP contribution in [0.15, 0.2) is 52.3 Å². The van der Waals surface area contributed by atoms with Crippen LogP contribution in [0.5, 0.6) is 5.75 Å². The van der Waals surface area contributed by atoms with Gasteiger partial charge in [-0.3, -0.25) is 4.79 Å². The number of carboxylic acid groups (broad SMARTS) is 1. The maximum absolute atomic E-state index is 13.8. The molecule has 1 aliphatic heterocycles.